The van der Waals surface area contributed by atoms with Crippen LogP contribution in [-0.4, -0.2) is 57.9 Å². The molecule has 1 saturated heterocycles. The van der Waals surface area contributed by atoms with Crippen molar-refractivity contribution in [3.63, 3.8) is 0 Å². The van der Waals surface area contributed by atoms with Crippen molar-refractivity contribution < 1.29 is 4.74 Å². The Morgan fingerprint density at radius 3 is 2.46 bits per heavy atom. The van der Waals surface area contributed by atoms with Crippen LogP contribution in [0.25, 0.3) is 16.7 Å². The fourth-order valence-corrected chi connectivity index (χ4v) is 4.72. The first-order valence-electron chi connectivity index (χ1n) is 12.5. The Labute approximate surface area is 207 Å². The van der Waals surface area contributed by atoms with E-state index in [4.69, 9.17) is 19.8 Å². The highest BCUT2D eigenvalue weighted by Crippen LogP contribution is 2.27. The summed E-state index contributed by atoms with van der Waals surface area (Å²) in [4.78, 5) is 15.0. The molecule has 0 N–H and O–H groups in total. The molecular weight excluding hydrogens is 436 g/mol. The number of nitrogens with zero attached hydrogens (tertiary/aromatic N) is 6. The van der Waals surface area contributed by atoms with Crippen molar-refractivity contribution >= 4 is 16.9 Å². The minimum absolute atomic E-state index is 0.484. The molecule has 2 aromatic carbocycles. The van der Waals surface area contributed by atoms with Crippen molar-refractivity contribution in [2.24, 2.45) is 5.92 Å². The summed E-state index contributed by atoms with van der Waals surface area (Å²) in [5.74, 6) is 3.29. The summed E-state index contributed by atoms with van der Waals surface area (Å²) in [6.07, 6.45) is 3.87. The van der Waals surface area contributed by atoms with Crippen LogP contribution in [0.2, 0.25) is 0 Å². The van der Waals surface area contributed by atoms with E-state index in [1.807, 2.05) is 41.2 Å². The number of rotatable bonds is 7. The van der Waals surface area contributed by atoms with Crippen LogP contribution in [0.3, 0.4) is 0 Å². The Hall–Kier alpha value is -3.45. The van der Waals surface area contributed by atoms with Crippen LogP contribution >= 0.6 is 0 Å². The second kappa shape index (κ2) is 10.4. The van der Waals surface area contributed by atoms with E-state index in [-0.39, 0.29) is 0 Å². The Bertz CT molecular complexity index is 1250. The highest BCUT2D eigenvalue weighted by molar-refractivity contribution is 5.88. The fourth-order valence-electron chi connectivity index (χ4n) is 4.72. The molecule has 1 fully saturated rings. The monoisotopic (exact) mass is 470 g/mol. The minimum Gasteiger partial charge on any atom is -0.497 e. The third-order valence-electron chi connectivity index (χ3n) is 6.50. The van der Waals surface area contributed by atoms with E-state index in [1.54, 1.807) is 7.11 Å². The van der Waals surface area contributed by atoms with Gasteiger partial charge in [0.15, 0.2) is 5.65 Å². The summed E-state index contributed by atoms with van der Waals surface area (Å²) in [7, 11) is 1.71. The van der Waals surface area contributed by atoms with Gasteiger partial charge in [0.05, 0.1) is 24.4 Å². The SMILES string of the molecule is COc1ccc(CN2CCCN(c3nc(CC(C)C)nc4c3cnn4-c3ccccc3)CC2)cc1. The second-order valence-electron chi connectivity index (χ2n) is 9.66. The smallest absolute Gasteiger partial charge is 0.168 e. The zero-order valence-electron chi connectivity index (χ0n) is 20.9. The normalized spacial score (nSPS) is 15.0. The first kappa shape index (κ1) is 23.3. The number of fused-ring (bicyclic) bond motifs is 1. The molecule has 182 valence electrons. The van der Waals surface area contributed by atoms with Gasteiger partial charge in [-0.05, 0) is 42.2 Å². The molecule has 4 aromatic rings. The fraction of sp³-hybridized carbons (Fsp3) is 0.393. The van der Waals surface area contributed by atoms with Crippen LogP contribution in [0.15, 0.2) is 60.8 Å². The molecule has 35 heavy (non-hydrogen) atoms. The number of ether oxygens (including phenoxy) is 1. The molecule has 1 aliphatic heterocycles. The molecule has 0 radical (unpaired) electrons. The van der Waals surface area contributed by atoms with Gasteiger partial charge in [-0.1, -0.05) is 44.2 Å². The number of benzene rings is 2. The van der Waals surface area contributed by atoms with Gasteiger partial charge in [-0.15, -0.1) is 0 Å². The maximum absolute atomic E-state index is 5.30. The van der Waals surface area contributed by atoms with Gasteiger partial charge in [0.25, 0.3) is 0 Å². The average Bonchev–Trinajstić information content (AvgIpc) is 3.16. The van der Waals surface area contributed by atoms with Crippen molar-refractivity contribution in [2.75, 3.05) is 38.2 Å². The van der Waals surface area contributed by atoms with E-state index in [0.717, 1.165) is 79.7 Å². The second-order valence-corrected chi connectivity index (χ2v) is 9.66. The van der Waals surface area contributed by atoms with Crippen LogP contribution in [0.4, 0.5) is 5.82 Å². The maximum Gasteiger partial charge on any atom is 0.168 e. The van der Waals surface area contributed by atoms with Crippen molar-refractivity contribution in [2.45, 2.75) is 33.2 Å². The molecule has 2 aromatic heterocycles. The van der Waals surface area contributed by atoms with Crippen LogP contribution in [0, 0.1) is 5.92 Å². The summed E-state index contributed by atoms with van der Waals surface area (Å²) >= 11 is 0. The number of aromatic nitrogens is 4. The number of hydrogen-bond donors (Lipinski definition) is 0. The van der Waals surface area contributed by atoms with E-state index in [1.165, 1.54) is 5.56 Å². The minimum atomic E-state index is 0.484. The number of para-hydroxylation sites is 1. The lowest BCUT2D eigenvalue weighted by atomic mass is 10.1. The molecule has 0 spiro atoms. The van der Waals surface area contributed by atoms with Gasteiger partial charge in [-0.3, -0.25) is 4.90 Å². The Morgan fingerprint density at radius 2 is 1.71 bits per heavy atom. The summed E-state index contributed by atoms with van der Waals surface area (Å²) < 4.78 is 7.24. The molecule has 0 bridgehead atoms. The van der Waals surface area contributed by atoms with Crippen molar-refractivity contribution in [3.05, 3.63) is 72.2 Å². The van der Waals surface area contributed by atoms with E-state index in [0.29, 0.717) is 5.92 Å². The number of anilines is 1. The van der Waals surface area contributed by atoms with Gasteiger partial charge in [0.2, 0.25) is 0 Å². The Balaban J connectivity index is 1.41. The van der Waals surface area contributed by atoms with Crippen molar-refractivity contribution in [1.29, 1.82) is 0 Å². The summed E-state index contributed by atoms with van der Waals surface area (Å²) in [5, 5.41) is 5.73. The summed E-state index contributed by atoms with van der Waals surface area (Å²) in [5.41, 5.74) is 3.22. The predicted octanol–water partition coefficient (Wildman–Crippen LogP) is 4.73. The molecule has 0 saturated carbocycles. The zero-order valence-corrected chi connectivity index (χ0v) is 20.9. The lowest BCUT2D eigenvalue weighted by molar-refractivity contribution is 0.285. The average molecular weight is 471 g/mol. The molecular formula is C28H34N6O. The first-order chi connectivity index (χ1) is 17.1. The van der Waals surface area contributed by atoms with E-state index in [9.17, 15) is 0 Å². The lowest BCUT2D eigenvalue weighted by Crippen LogP contribution is -2.31. The molecule has 0 aliphatic carbocycles. The van der Waals surface area contributed by atoms with Gasteiger partial charge in [-0.2, -0.15) is 5.10 Å². The summed E-state index contributed by atoms with van der Waals surface area (Å²) in [6, 6.07) is 18.6. The van der Waals surface area contributed by atoms with Crippen molar-refractivity contribution in [3.8, 4) is 11.4 Å². The zero-order chi connectivity index (χ0) is 24.2. The molecule has 3 heterocycles. The first-order valence-corrected chi connectivity index (χ1v) is 12.5. The quantitative estimate of drug-likeness (QED) is 0.389. The molecule has 5 rings (SSSR count). The van der Waals surface area contributed by atoms with Gasteiger partial charge in [0.1, 0.15) is 17.4 Å². The number of methoxy groups -OCH3 is 1. The molecule has 1 aliphatic rings. The molecule has 7 heteroatoms. The maximum atomic E-state index is 5.30. The van der Waals surface area contributed by atoms with Gasteiger partial charge >= 0.3 is 0 Å². The van der Waals surface area contributed by atoms with Gasteiger partial charge in [0, 0.05) is 39.1 Å². The third kappa shape index (κ3) is 5.30. The Kier molecular flexibility index (Phi) is 6.95. The third-order valence-corrected chi connectivity index (χ3v) is 6.50. The van der Waals surface area contributed by atoms with Crippen LogP contribution < -0.4 is 9.64 Å². The Morgan fingerprint density at radius 1 is 0.914 bits per heavy atom. The molecule has 0 atom stereocenters. The molecule has 0 amide bonds. The van der Waals surface area contributed by atoms with E-state index in [2.05, 4.69) is 47.9 Å². The molecule has 7 nitrogen and oxygen atoms in total. The van der Waals surface area contributed by atoms with Crippen LogP contribution in [0.5, 0.6) is 5.75 Å². The van der Waals surface area contributed by atoms with Crippen LogP contribution in [-0.2, 0) is 13.0 Å². The highest BCUT2D eigenvalue weighted by Gasteiger charge is 2.22. The van der Waals surface area contributed by atoms with Crippen molar-refractivity contribution in [1.82, 2.24) is 24.6 Å². The largest absolute Gasteiger partial charge is 0.497 e. The molecule has 0 unspecified atom stereocenters. The summed E-state index contributed by atoms with van der Waals surface area (Å²) in [6.45, 7) is 9.34. The van der Waals surface area contributed by atoms with E-state index >= 15 is 0 Å². The van der Waals surface area contributed by atoms with E-state index < -0.39 is 0 Å². The van der Waals surface area contributed by atoms with Gasteiger partial charge < -0.3 is 9.64 Å². The standard InChI is InChI=1S/C28H34N6O/c1-21(2)18-26-30-27(25-19-29-34(28(25)31-26)23-8-5-4-6-9-23)33-15-7-14-32(16-17-33)20-22-10-12-24(35-3)13-11-22/h4-6,8-13,19,21H,7,14-18,20H2,1-3H3. The number of hydrogen-bond acceptors (Lipinski definition) is 6. The highest BCUT2D eigenvalue weighted by atomic mass is 16.5. The predicted molar refractivity (Wildman–Crippen MR) is 140 cm³/mol. The lowest BCUT2D eigenvalue weighted by Gasteiger charge is -2.24. The topological polar surface area (TPSA) is 59.3 Å². The van der Waals surface area contributed by atoms with Crippen LogP contribution in [0.1, 0.15) is 31.7 Å². The van der Waals surface area contributed by atoms with Gasteiger partial charge in [-0.25, -0.2) is 14.6 Å².